The Morgan fingerprint density at radius 3 is 2.61 bits per heavy atom. The first-order valence-electron chi connectivity index (χ1n) is 5.50. The Hall–Kier alpha value is -0.420. The van der Waals surface area contributed by atoms with Crippen molar-refractivity contribution in [2.75, 3.05) is 20.1 Å². The summed E-state index contributed by atoms with van der Waals surface area (Å²) in [7, 11) is 1.58. The van der Waals surface area contributed by atoms with Gasteiger partial charge in [0.15, 0.2) is 0 Å². The molecule has 18 heavy (non-hydrogen) atoms. The molecule has 102 valence electrons. The van der Waals surface area contributed by atoms with Crippen molar-refractivity contribution >= 4 is 23.2 Å². The highest BCUT2D eigenvalue weighted by atomic mass is 35.5. The maximum absolute atomic E-state index is 12.1. The Morgan fingerprint density at radius 2 is 2.00 bits per heavy atom. The quantitative estimate of drug-likeness (QED) is 0.867. The lowest BCUT2D eigenvalue weighted by molar-refractivity contribution is 0.0874. The number of halogens is 4. The molecule has 0 aliphatic heterocycles. The van der Waals surface area contributed by atoms with E-state index < -0.39 is 12.5 Å². The number of alkyl halides is 2. The van der Waals surface area contributed by atoms with Crippen LogP contribution in [-0.2, 0) is 0 Å². The van der Waals surface area contributed by atoms with Gasteiger partial charge in [-0.1, -0.05) is 35.3 Å². The number of aliphatic hydroxyl groups is 1. The second-order valence-corrected chi connectivity index (χ2v) is 4.89. The fourth-order valence-corrected chi connectivity index (χ4v) is 2.04. The molecular formula is C12H15Cl2F2NO. The van der Waals surface area contributed by atoms with Crippen molar-refractivity contribution in [2.45, 2.75) is 19.0 Å². The summed E-state index contributed by atoms with van der Waals surface area (Å²) >= 11 is 11.8. The van der Waals surface area contributed by atoms with Crippen LogP contribution in [0.4, 0.5) is 8.78 Å². The maximum atomic E-state index is 12.1. The first kappa shape index (κ1) is 15.6. The molecule has 0 fully saturated rings. The molecule has 1 unspecified atom stereocenters. The Morgan fingerprint density at radius 1 is 1.33 bits per heavy atom. The molecular weight excluding hydrogens is 283 g/mol. The summed E-state index contributed by atoms with van der Waals surface area (Å²) in [6, 6.07) is 4.99. The number of aliphatic hydroxyl groups excluding tert-OH is 1. The summed E-state index contributed by atoms with van der Waals surface area (Å²) in [6.07, 6.45) is -2.86. The lowest BCUT2D eigenvalue weighted by Gasteiger charge is -2.19. The molecule has 0 bridgehead atoms. The van der Waals surface area contributed by atoms with Crippen LogP contribution in [0.3, 0.4) is 0 Å². The second kappa shape index (κ2) is 7.24. The van der Waals surface area contributed by atoms with Crippen molar-refractivity contribution in [1.82, 2.24) is 4.90 Å². The minimum atomic E-state index is -2.37. The van der Waals surface area contributed by atoms with Crippen LogP contribution in [0.25, 0.3) is 0 Å². The van der Waals surface area contributed by atoms with Gasteiger partial charge in [0.1, 0.15) is 0 Å². The smallest absolute Gasteiger partial charge is 0.251 e. The van der Waals surface area contributed by atoms with Crippen LogP contribution in [0.1, 0.15) is 18.1 Å². The summed E-state index contributed by atoms with van der Waals surface area (Å²) in [4.78, 5) is 1.46. The molecule has 1 aromatic rings. The molecule has 0 saturated carbocycles. The summed E-state index contributed by atoms with van der Waals surface area (Å²) in [5.41, 5.74) is 0.523. The number of hydrogen-bond acceptors (Lipinski definition) is 2. The zero-order chi connectivity index (χ0) is 13.7. The van der Waals surface area contributed by atoms with Crippen LogP contribution in [0.5, 0.6) is 0 Å². The van der Waals surface area contributed by atoms with Crippen molar-refractivity contribution in [3.05, 3.63) is 33.8 Å². The molecule has 1 atom stereocenters. The van der Waals surface area contributed by atoms with E-state index in [1.54, 1.807) is 25.2 Å². The van der Waals surface area contributed by atoms with Crippen LogP contribution in [0.2, 0.25) is 10.0 Å². The van der Waals surface area contributed by atoms with Gasteiger partial charge in [-0.2, -0.15) is 0 Å². The van der Waals surface area contributed by atoms with E-state index in [2.05, 4.69) is 0 Å². The zero-order valence-corrected chi connectivity index (χ0v) is 11.4. The Labute approximate surface area is 115 Å². The predicted octanol–water partition coefficient (Wildman–Crippen LogP) is 3.61. The van der Waals surface area contributed by atoms with Gasteiger partial charge in [0.05, 0.1) is 22.7 Å². The van der Waals surface area contributed by atoms with E-state index >= 15 is 0 Å². The fourth-order valence-electron chi connectivity index (χ4n) is 1.60. The SMILES string of the molecule is CN(CCC(O)c1cccc(Cl)c1Cl)CC(F)F. The minimum Gasteiger partial charge on any atom is -0.388 e. The van der Waals surface area contributed by atoms with Crippen molar-refractivity contribution in [3.8, 4) is 0 Å². The molecule has 0 aliphatic rings. The van der Waals surface area contributed by atoms with E-state index in [-0.39, 0.29) is 6.54 Å². The number of rotatable bonds is 6. The topological polar surface area (TPSA) is 23.5 Å². The van der Waals surface area contributed by atoms with Crippen LogP contribution in [0.15, 0.2) is 18.2 Å². The molecule has 6 heteroatoms. The molecule has 0 radical (unpaired) electrons. The van der Waals surface area contributed by atoms with Gasteiger partial charge in [-0.15, -0.1) is 0 Å². The molecule has 0 saturated heterocycles. The van der Waals surface area contributed by atoms with Gasteiger partial charge in [0, 0.05) is 12.1 Å². The van der Waals surface area contributed by atoms with Crippen molar-refractivity contribution in [1.29, 1.82) is 0 Å². The molecule has 1 rings (SSSR count). The zero-order valence-electron chi connectivity index (χ0n) is 9.91. The summed E-state index contributed by atoms with van der Waals surface area (Å²) < 4.78 is 24.2. The predicted molar refractivity (Wildman–Crippen MR) is 69.5 cm³/mol. The van der Waals surface area contributed by atoms with E-state index in [4.69, 9.17) is 23.2 Å². The number of benzene rings is 1. The first-order chi connectivity index (χ1) is 8.41. The highest BCUT2D eigenvalue weighted by Crippen LogP contribution is 2.31. The Kier molecular flexibility index (Phi) is 6.29. The third-order valence-electron chi connectivity index (χ3n) is 2.57. The molecule has 0 amide bonds. The van der Waals surface area contributed by atoms with Gasteiger partial charge in [-0.3, -0.25) is 0 Å². The van der Waals surface area contributed by atoms with E-state index in [1.807, 2.05) is 0 Å². The third-order valence-corrected chi connectivity index (χ3v) is 3.41. The van der Waals surface area contributed by atoms with Crippen molar-refractivity contribution in [2.24, 2.45) is 0 Å². The van der Waals surface area contributed by atoms with Gasteiger partial charge in [0.25, 0.3) is 6.43 Å². The van der Waals surface area contributed by atoms with Crippen LogP contribution in [0, 0.1) is 0 Å². The average molecular weight is 298 g/mol. The van der Waals surface area contributed by atoms with Gasteiger partial charge in [-0.25, -0.2) is 8.78 Å². The van der Waals surface area contributed by atoms with Gasteiger partial charge < -0.3 is 10.0 Å². The highest BCUT2D eigenvalue weighted by molar-refractivity contribution is 6.42. The Balaban J connectivity index is 2.55. The summed E-state index contributed by atoms with van der Waals surface area (Å²) in [5, 5.41) is 10.6. The monoisotopic (exact) mass is 297 g/mol. The van der Waals surface area contributed by atoms with E-state index in [0.29, 0.717) is 28.6 Å². The molecule has 2 nitrogen and oxygen atoms in total. The van der Waals surface area contributed by atoms with E-state index in [0.717, 1.165) is 0 Å². The van der Waals surface area contributed by atoms with Crippen molar-refractivity contribution in [3.63, 3.8) is 0 Å². The van der Waals surface area contributed by atoms with E-state index in [1.165, 1.54) is 4.90 Å². The summed E-state index contributed by atoms with van der Waals surface area (Å²) in [5.74, 6) is 0. The number of hydrogen-bond donors (Lipinski definition) is 1. The fraction of sp³-hybridized carbons (Fsp3) is 0.500. The molecule has 0 heterocycles. The minimum absolute atomic E-state index is 0.308. The Bertz CT molecular complexity index is 390. The molecule has 0 aliphatic carbocycles. The van der Waals surface area contributed by atoms with Crippen LogP contribution >= 0.6 is 23.2 Å². The highest BCUT2D eigenvalue weighted by Gasteiger charge is 2.15. The molecule has 1 aromatic carbocycles. The lowest BCUT2D eigenvalue weighted by Crippen LogP contribution is -2.26. The standard InChI is InChI=1S/C12H15Cl2F2NO/c1-17(7-11(15)16)6-5-10(18)8-3-2-4-9(13)12(8)14/h2-4,10-11,18H,5-7H2,1H3. The maximum Gasteiger partial charge on any atom is 0.251 e. The van der Waals surface area contributed by atoms with Gasteiger partial charge >= 0.3 is 0 Å². The summed E-state index contributed by atoms with van der Waals surface area (Å²) in [6.45, 7) is 0.0460. The molecule has 0 spiro atoms. The normalized spacial score (nSPS) is 13.3. The van der Waals surface area contributed by atoms with E-state index in [9.17, 15) is 13.9 Å². The average Bonchev–Trinajstić information content (AvgIpc) is 2.29. The first-order valence-corrected chi connectivity index (χ1v) is 6.26. The molecule has 0 aromatic heterocycles. The van der Waals surface area contributed by atoms with Crippen molar-refractivity contribution < 1.29 is 13.9 Å². The molecule has 1 N–H and O–H groups in total. The number of nitrogens with zero attached hydrogens (tertiary/aromatic N) is 1. The van der Waals surface area contributed by atoms with Crippen LogP contribution < -0.4 is 0 Å². The second-order valence-electron chi connectivity index (χ2n) is 4.10. The van der Waals surface area contributed by atoms with Gasteiger partial charge in [-0.05, 0) is 19.5 Å². The van der Waals surface area contributed by atoms with Crippen LogP contribution in [-0.4, -0.2) is 36.6 Å². The third kappa shape index (κ3) is 4.69. The lowest BCUT2D eigenvalue weighted by atomic mass is 10.1. The largest absolute Gasteiger partial charge is 0.388 e. The van der Waals surface area contributed by atoms with Gasteiger partial charge in [0.2, 0.25) is 0 Å².